The van der Waals surface area contributed by atoms with Gasteiger partial charge in [-0.15, -0.1) is 0 Å². The summed E-state index contributed by atoms with van der Waals surface area (Å²) in [6.07, 6.45) is 2.08. The maximum absolute atomic E-state index is 12.1. The fourth-order valence-corrected chi connectivity index (χ4v) is 4.40. The molecule has 0 aliphatic carbocycles. The van der Waals surface area contributed by atoms with E-state index in [-0.39, 0.29) is 11.0 Å². The van der Waals surface area contributed by atoms with Gasteiger partial charge in [-0.25, -0.2) is 4.79 Å². The Kier molecular flexibility index (Phi) is 6.25. The van der Waals surface area contributed by atoms with Gasteiger partial charge in [-0.3, -0.25) is 0 Å². The summed E-state index contributed by atoms with van der Waals surface area (Å²) in [5, 5.41) is 1.32. The second-order valence-electron chi connectivity index (χ2n) is 9.48. The minimum Gasteiger partial charge on any atom is -0.465 e. The Morgan fingerprint density at radius 3 is 2.43 bits per heavy atom. The van der Waals surface area contributed by atoms with Crippen LogP contribution in [0.3, 0.4) is 0 Å². The fraction of sp³-hybridized carbons (Fsp3) is 0.400. The molecule has 0 fully saturated rings. The van der Waals surface area contributed by atoms with Gasteiger partial charge in [0.05, 0.1) is 24.8 Å². The van der Waals surface area contributed by atoms with Crippen molar-refractivity contribution in [1.29, 1.82) is 0 Å². The average Bonchev–Trinajstić information content (AvgIpc) is 3.09. The van der Waals surface area contributed by atoms with Crippen LogP contribution in [-0.4, -0.2) is 26.0 Å². The molecule has 1 heterocycles. The largest absolute Gasteiger partial charge is 0.465 e. The summed E-state index contributed by atoms with van der Waals surface area (Å²) in [6, 6.07) is 14.5. The number of nitrogens with zero attached hydrogens (tertiary/aromatic N) is 1. The number of ether oxygens (including phenoxy) is 1. The first kappa shape index (κ1) is 22.3. The molecule has 1 aromatic heterocycles. The van der Waals surface area contributed by atoms with Crippen molar-refractivity contribution in [3.8, 4) is 0 Å². The molecule has 0 atom stereocenters. The van der Waals surface area contributed by atoms with Gasteiger partial charge in [0.25, 0.3) is 0 Å². The van der Waals surface area contributed by atoms with Gasteiger partial charge in [0, 0.05) is 12.7 Å². The van der Waals surface area contributed by atoms with Crippen molar-refractivity contribution in [2.24, 2.45) is 0 Å². The third-order valence-electron chi connectivity index (χ3n) is 6.34. The number of hydrogen-bond donors (Lipinski definition) is 0. The number of carbonyl (C=O) groups excluding carboxylic acids is 1. The zero-order chi connectivity index (χ0) is 22.1. The molecule has 5 heteroatoms. The second kappa shape index (κ2) is 8.40. The minimum atomic E-state index is -1.78. The molecule has 0 N–H and O–H groups in total. The summed E-state index contributed by atoms with van der Waals surface area (Å²) in [5.41, 5.74) is 5.04. The molecule has 0 amide bonds. The predicted molar refractivity (Wildman–Crippen MR) is 126 cm³/mol. The number of methoxy groups -OCH3 is 1. The first-order chi connectivity index (χ1) is 14.0. The molecule has 2 aromatic carbocycles. The van der Waals surface area contributed by atoms with E-state index in [2.05, 4.69) is 75.0 Å². The van der Waals surface area contributed by atoms with Crippen LogP contribution < -0.4 is 0 Å². The first-order valence-corrected chi connectivity index (χ1v) is 13.3. The average molecular weight is 424 g/mol. The lowest BCUT2D eigenvalue weighted by atomic mass is 10.1. The van der Waals surface area contributed by atoms with Crippen LogP contribution in [0, 0.1) is 6.92 Å². The zero-order valence-electron chi connectivity index (χ0n) is 19.2. The zero-order valence-corrected chi connectivity index (χ0v) is 20.2. The van der Waals surface area contributed by atoms with Crippen LogP contribution in [0.2, 0.25) is 18.1 Å². The second-order valence-corrected chi connectivity index (χ2v) is 14.3. The molecule has 3 aromatic rings. The summed E-state index contributed by atoms with van der Waals surface area (Å²) in [6.45, 7) is 14.7. The molecule has 0 unspecified atom stereocenters. The van der Waals surface area contributed by atoms with Crippen LogP contribution in [0.15, 0.2) is 48.7 Å². The minimum absolute atomic E-state index is 0.198. The fourth-order valence-electron chi connectivity index (χ4n) is 3.44. The van der Waals surface area contributed by atoms with E-state index >= 15 is 0 Å². The van der Waals surface area contributed by atoms with Crippen LogP contribution in [0.1, 0.15) is 47.8 Å². The molecular weight excluding hydrogens is 390 g/mol. The van der Waals surface area contributed by atoms with E-state index < -0.39 is 8.32 Å². The number of esters is 1. The number of fused-ring (bicyclic) bond motifs is 1. The maximum atomic E-state index is 12.1. The topological polar surface area (TPSA) is 40.5 Å². The molecule has 0 saturated carbocycles. The smallest absolute Gasteiger partial charge is 0.338 e. The van der Waals surface area contributed by atoms with Crippen molar-refractivity contribution in [2.45, 2.75) is 59.0 Å². The summed E-state index contributed by atoms with van der Waals surface area (Å²) < 4.78 is 13.5. The van der Waals surface area contributed by atoms with Gasteiger partial charge in [0.2, 0.25) is 0 Å². The van der Waals surface area contributed by atoms with Gasteiger partial charge >= 0.3 is 5.97 Å². The van der Waals surface area contributed by atoms with Gasteiger partial charge in [-0.05, 0) is 59.3 Å². The Balaban J connectivity index is 1.85. The molecule has 3 rings (SSSR count). The van der Waals surface area contributed by atoms with Crippen molar-refractivity contribution < 1.29 is 14.0 Å². The highest BCUT2D eigenvalue weighted by Crippen LogP contribution is 2.37. The summed E-state index contributed by atoms with van der Waals surface area (Å²) in [5.74, 6) is -0.299. The maximum Gasteiger partial charge on any atom is 0.338 e. The molecule has 0 bridgehead atoms. The molecule has 0 saturated heterocycles. The lowest BCUT2D eigenvalue weighted by Crippen LogP contribution is -2.40. The van der Waals surface area contributed by atoms with Crippen molar-refractivity contribution in [3.05, 3.63) is 70.9 Å². The van der Waals surface area contributed by atoms with E-state index in [0.717, 1.165) is 23.0 Å². The van der Waals surface area contributed by atoms with Crippen molar-refractivity contribution in [1.82, 2.24) is 4.57 Å². The van der Waals surface area contributed by atoms with Gasteiger partial charge in [0.15, 0.2) is 8.32 Å². The summed E-state index contributed by atoms with van der Waals surface area (Å²) >= 11 is 0. The lowest BCUT2D eigenvalue weighted by molar-refractivity contribution is 0.0600. The van der Waals surface area contributed by atoms with Gasteiger partial charge in [-0.2, -0.15) is 0 Å². The summed E-state index contributed by atoms with van der Waals surface area (Å²) in [4.78, 5) is 12.1. The van der Waals surface area contributed by atoms with Gasteiger partial charge in [-0.1, -0.05) is 51.1 Å². The number of aryl methyl sites for hydroxylation is 1. The highest BCUT2D eigenvalue weighted by Gasteiger charge is 2.37. The molecule has 160 valence electrons. The van der Waals surface area contributed by atoms with Crippen LogP contribution in [0.25, 0.3) is 10.9 Å². The Morgan fingerprint density at radius 2 is 1.77 bits per heavy atom. The standard InChI is InChI=1S/C25H33NO3Si/c1-18-22(24(27)28-5)12-11-21-13-14-26(23(18)21)16-19-9-8-10-20(15-19)17-29-30(6,7)25(2,3)4/h8-15H,16-17H2,1-7H3. The molecule has 0 radical (unpaired) electrons. The molecule has 0 aliphatic rings. The van der Waals surface area contributed by atoms with Crippen LogP contribution in [0.5, 0.6) is 0 Å². The lowest BCUT2D eigenvalue weighted by Gasteiger charge is -2.36. The predicted octanol–water partition coefficient (Wildman–Crippen LogP) is 6.31. The molecule has 0 aliphatic heterocycles. The molecule has 4 nitrogen and oxygen atoms in total. The van der Waals surface area contributed by atoms with Gasteiger partial charge in [0.1, 0.15) is 0 Å². The monoisotopic (exact) mass is 423 g/mol. The molecular formula is C25H33NO3Si. The van der Waals surface area contributed by atoms with Crippen molar-refractivity contribution in [3.63, 3.8) is 0 Å². The Morgan fingerprint density at radius 1 is 1.07 bits per heavy atom. The van der Waals surface area contributed by atoms with E-state index in [1.165, 1.54) is 18.2 Å². The van der Waals surface area contributed by atoms with E-state index in [9.17, 15) is 4.79 Å². The highest BCUT2D eigenvalue weighted by molar-refractivity contribution is 6.74. The van der Waals surface area contributed by atoms with E-state index in [4.69, 9.17) is 9.16 Å². The summed E-state index contributed by atoms with van der Waals surface area (Å²) in [7, 11) is -0.363. The van der Waals surface area contributed by atoms with E-state index in [1.54, 1.807) is 0 Å². The first-order valence-electron chi connectivity index (χ1n) is 10.4. The Labute approximate surface area is 180 Å². The van der Waals surface area contributed by atoms with Crippen molar-refractivity contribution in [2.75, 3.05) is 7.11 Å². The van der Waals surface area contributed by atoms with Crippen LogP contribution >= 0.6 is 0 Å². The number of hydrogen-bond acceptors (Lipinski definition) is 3. The van der Waals surface area contributed by atoms with Gasteiger partial charge < -0.3 is 13.7 Å². The normalized spacial score (nSPS) is 12.4. The number of benzene rings is 2. The Bertz CT molecular complexity index is 1060. The van der Waals surface area contributed by atoms with Crippen LogP contribution in [0.4, 0.5) is 0 Å². The number of aromatic nitrogens is 1. The number of rotatable bonds is 6. The SMILES string of the molecule is COC(=O)c1ccc2ccn(Cc3cccc(CO[Si](C)(C)C(C)(C)C)c3)c2c1C. The number of carbonyl (C=O) groups is 1. The Hall–Kier alpha value is -2.37. The third-order valence-corrected chi connectivity index (χ3v) is 10.8. The van der Waals surface area contributed by atoms with Crippen molar-refractivity contribution >= 4 is 25.2 Å². The highest BCUT2D eigenvalue weighted by atomic mass is 28.4. The van der Waals surface area contributed by atoms with E-state index in [0.29, 0.717) is 12.2 Å². The molecule has 0 spiro atoms. The third kappa shape index (κ3) is 4.52. The van der Waals surface area contributed by atoms with E-state index in [1.807, 2.05) is 19.1 Å². The van der Waals surface area contributed by atoms with Crippen LogP contribution in [-0.2, 0) is 22.3 Å². The molecule has 30 heavy (non-hydrogen) atoms. The quantitative estimate of drug-likeness (QED) is 0.345.